The largest absolute Gasteiger partial charge is 0.493 e. The van der Waals surface area contributed by atoms with Crippen molar-refractivity contribution >= 4 is 39.7 Å². The Bertz CT molecular complexity index is 1260. The topological polar surface area (TPSA) is 51.5 Å². The van der Waals surface area contributed by atoms with Crippen LogP contribution in [0, 0.1) is 0 Å². The van der Waals surface area contributed by atoms with Crippen LogP contribution in [0.15, 0.2) is 83.5 Å². The van der Waals surface area contributed by atoms with Gasteiger partial charge < -0.3 is 14.5 Å². The van der Waals surface area contributed by atoms with Crippen LogP contribution in [0.2, 0.25) is 5.02 Å². The second-order valence-electron chi connectivity index (χ2n) is 7.12. The lowest BCUT2D eigenvalue weighted by Crippen LogP contribution is -2.08. The van der Waals surface area contributed by atoms with Crippen molar-refractivity contribution in [1.29, 1.82) is 0 Å². The monoisotopic (exact) mass is 431 g/mol. The number of furan rings is 1. The molecule has 1 N–H and O–H groups in total. The molecule has 0 fully saturated rings. The minimum Gasteiger partial charge on any atom is -0.493 e. The number of hydrogen-bond acceptors (Lipinski definition) is 3. The van der Waals surface area contributed by atoms with E-state index in [2.05, 4.69) is 5.32 Å². The number of carbonyl (C=O) groups excluding carboxylic acids is 1. The van der Waals surface area contributed by atoms with Gasteiger partial charge in [-0.25, -0.2) is 0 Å². The Hall–Kier alpha value is -3.50. The van der Waals surface area contributed by atoms with E-state index in [1.807, 2.05) is 56.3 Å². The normalized spacial score (nSPS) is 11.5. The van der Waals surface area contributed by atoms with Gasteiger partial charge in [-0.15, -0.1) is 0 Å². The molecule has 3 aromatic carbocycles. The van der Waals surface area contributed by atoms with Crippen molar-refractivity contribution in [2.45, 2.75) is 13.8 Å². The first kappa shape index (κ1) is 20.8. The second-order valence-corrected chi connectivity index (χ2v) is 7.56. The van der Waals surface area contributed by atoms with Gasteiger partial charge in [0.2, 0.25) is 5.91 Å². The van der Waals surface area contributed by atoms with Gasteiger partial charge in [0.15, 0.2) is 0 Å². The summed E-state index contributed by atoms with van der Waals surface area (Å²) in [6.07, 6.45) is 3.32. The van der Waals surface area contributed by atoms with E-state index in [1.54, 1.807) is 36.6 Å². The van der Waals surface area contributed by atoms with E-state index in [4.69, 9.17) is 20.8 Å². The molecule has 0 saturated carbocycles. The maximum atomic E-state index is 12.6. The molecule has 0 aliphatic heterocycles. The molecule has 0 spiro atoms. The van der Waals surface area contributed by atoms with Gasteiger partial charge in [0, 0.05) is 39.4 Å². The molecular weight excluding hydrogens is 410 g/mol. The third-order valence-corrected chi connectivity index (χ3v) is 5.16. The number of benzene rings is 3. The second kappa shape index (κ2) is 9.11. The summed E-state index contributed by atoms with van der Waals surface area (Å²) in [6, 6.07) is 21.0. The lowest BCUT2D eigenvalue weighted by atomic mass is 9.99. The van der Waals surface area contributed by atoms with Gasteiger partial charge >= 0.3 is 0 Å². The molecule has 0 aliphatic carbocycles. The van der Waals surface area contributed by atoms with Crippen molar-refractivity contribution in [3.8, 4) is 16.9 Å². The molecule has 1 heterocycles. The molecule has 1 amide bonds. The highest BCUT2D eigenvalue weighted by atomic mass is 35.5. The number of ether oxygens (including phenoxy) is 1. The molecule has 31 heavy (non-hydrogen) atoms. The number of amides is 1. The van der Waals surface area contributed by atoms with Gasteiger partial charge in [0.05, 0.1) is 12.9 Å². The Morgan fingerprint density at radius 2 is 1.90 bits per heavy atom. The molecule has 0 radical (unpaired) electrons. The average molecular weight is 432 g/mol. The number of fused-ring (bicyclic) bond motifs is 1. The fourth-order valence-electron chi connectivity index (χ4n) is 3.50. The third-order valence-electron chi connectivity index (χ3n) is 4.92. The summed E-state index contributed by atoms with van der Waals surface area (Å²) in [5.41, 5.74) is 5.07. The number of anilines is 1. The summed E-state index contributed by atoms with van der Waals surface area (Å²) in [6.45, 7) is 4.33. The van der Waals surface area contributed by atoms with Crippen LogP contribution in [0.1, 0.15) is 19.4 Å². The lowest BCUT2D eigenvalue weighted by Gasteiger charge is -2.12. The molecule has 4 aromatic rings. The maximum Gasteiger partial charge on any atom is 0.248 e. The maximum absolute atomic E-state index is 12.6. The highest BCUT2D eigenvalue weighted by Gasteiger charge is 2.15. The number of rotatable bonds is 6. The number of nitrogens with one attached hydrogen (secondary N) is 1. The average Bonchev–Trinajstić information content (AvgIpc) is 3.17. The van der Waals surface area contributed by atoms with E-state index in [0.29, 0.717) is 23.1 Å². The Morgan fingerprint density at radius 1 is 1.10 bits per heavy atom. The molecule has 5 heteroatoms. The minimum atomic E-state index is -0.238. The van der Waals surface area contributed by atoms with E-state index in [1.165, 1.54) is 0 Å². The van der Waals surface area contributed by atoms with Gasteiger partial charge in [0.1, 0.15) is 11.3 Å². The molecule has 0 saturated heterocycles. The zero-order valence-electron chi connectivity index (χ0n) is 17.3. The van der Waals surface area contributed by atoms with E-state index >= 15 is 0 Å². The predicted octanol–water partition coefficient (Wildman–Crippen LogP) is 7.19. The third kappa shape index (κ3) is 4.65. The summed E-state index contributed by atoms with van der Waals surface area (Å²) < 4.78 is 11.7. The van der Waals surface area contributed by atoms with Crippen LogP contribution in [0.4, 0.5) is 5.69 Å². The number of halogens is 1. The fraction of sp³-hybridized carbons (Fsp3) is 0.115. The van der Waals surface area contributed by atoms with E-state index in [0.717, 1.165) is 33.2 Å². The van der Waals surface area contributed by atoms with Gasteiger partial charge in [-0.2, -0.15) is 0 Å². The predicted molar refractivity (Wildman–Crippen MR) is 127 cm³/mol. The van der Waals surface area contributed by atoms with Crippen LogP contribution in [-0.2, 0) is 4.79 Å². The van der Waals surface area contributed by atoms with Gasteiger partial charge in [-0.05, 0) is 49.2 Å². The number of allylic oxidation sites excluding steroid dienone is 1. The van der Waals surface area contributed by atoms with Crippen LogP contribution in [-0.4, -0.2) is 12.5 Å². The van der Waals surface area contributed by atoms with Crippen molar-refractivity contribution in [3.05, 3.63) is 89.7 Å². The van der Waals surface area contributed by atoms with Crippen molar-refractivity contribution in [2.75, 3.05) is 11.9 Å². The molecule has 0 atom stereocenters. The van der Waals surface area contributed by atoms with Crippen molar-refractivity contribution in [1.82, 2.24) is 0 Å². The first-order chi connectivity index (χ1) is 15.0. The minimum absolute atomic E-state index is 0.238. The Kier molecular flexibility index (Phi) is 6.10. The zero-order chi connectivity index (χ0) is 21.8. The van der Waals surface area contributed by atoms with E-state index < -0.39 is 0 Å². The number of carbonyl (C=O) groups is 1. The van der Waals surface area contributed by atoms with Crippen LogP contribution < -0.4 is 10.1 Å². The molecule has 156 valence electrons. The SMILES string of the molecule is CCOc1cc2occ(-c3ccccc3)c2cc1/C(C)=C/C(=O)Nc1cccc(Cl)c1. The van der Waals surface area contributed by atoms with Crippen LogP contribution in [0.3, 0.4) is 0 Å². The Morgan fingerprint density at radius 3 is 2.65 bits per heavy atom. The molecule has 1 aromatic heterocycles. The van der Waals surface area contributed by atoms with Crippen LogP contribution in [0.5, 0.6) is 5.75 Å². The van der Waals surface area contributed by atoms with Gasteiger partial charge in [-0.1, -0.05) is 48.0 Å². The zero-order valence-corrected chi connectivity index (χ0v) is 18.1. The molecule has 4 nitrogen and oxygen atoms in total. The summed E-state index contributed by atoms with van der Waals surface area (Å²) in [7, 11) is 0. The van der Waals surface area contributed by atoms with Crippen molar-refractivity contribution in [2.24, 2.45) is 0 Å². The first-order valence-electron chi connectivity index (χ1n) is 10.0. The molecule has 0 unspecified atom stereocenters. The van der Waals surface area contributed by atoms with E-state index in [9.17, 15) is 4.79 Å². The fourth-order valence-corrected chi connectivity index (χ4v) is 3.69. The molecule has 0 aliphatic rings. The molecular formula is C26H22ClNO3. The first-order valence-corrected chi connectivity index (χ1v) is 10.4. The summed E-state index contributed by atoms with van der Waals surface area (Å²) in [5.74, 6) is 0.436. The summed E-state index contributed by atoms with van der Waals surface area (Å²) in [4.78, 5) is 12.6. The van der Waals surface area contributed by atoms with Gasteiger partial charge in [-0.3, -0.25) is 4.79 Å². The van der Waals surface area contributed by atoms with Crippen molar-refractivity contribution < 1.29 is 13.9 Å². The summed E-state index contributed by atoms with van der Waals surface area (Å²) >= 11 is 6.00. The highest BCUT2D eigenvalue weighted by Crippen LogP contribution is 2.37. The van der Waals surface area contributed by atoms with E-state index in [-0.39, 0.29) is 5.91 Å². The van der Waals surface area contributed by atoms with Crippen molar-refractivity contribution in [3.63, 3.8) is 0 Å². The van der Waals surface area contributed by atoms with Crippen LogP contribution >= 0.6 is 11.6 Å². The Labute approximate surface area is 186 Å². The van der Waals surface area contributed by atoms with Crippen LogP contribution in [0.25, 0.3) is 27.7 Å². The quantitative estimate of drug-likeness (QED) is 0.328. The molecule has 4 rings (SSSR count). The smallest absolute Gasteiger partial charge is 0.248 e. The number of hydrogen-bond donors (Lipinski definition) is 1. The Balaban J connectivity index is 1.72. The molecule has 0 bridgehead atoms. The van der Waals surface area contributed by atoms with Gasteiger partial charge in [0.25, 0.3) is 0 Å². The lowest BCUT2D eigenvalue weighted by molar-refractivity contribution is -0.111. The summed E-state index contributed by atoms with van der Waals surface area (Å²) in [5, 5.41) is 4.38. The highest BCUT2D eigenvalue weighted by molar-refractivity contribution is 6.31. The standard InChI is InChI=1S/C26H22ClNO3/c1-3-30-24-15-25-22(23(16-31-25)18-8-5-4-6-9-18)14-21(24)17(2)12-26(29)28-20-11-7-10-19(27)13-20/h4-16H,3H2,1-2H3,(H,28,29)/b17-12+.